The molecule has 420 valence electrons. The summed E-state index contributed by atoms with van der Waals surface area (Å²) in [6.45, 7) is 13.7. The Morgan fingerprint density at radius 3 is 1.60 bits per heavy atom. The summed E-state index contributed by atoms with van der Waals surface area (Å²) in [4.78, 5) is 53.1. The zero-order chi connectivity index (χ0) is 56.4. The summed E-state index contributed by atoms with van der Waals surface area (Å²) >= 11 is 18.4. The van der Waals surface area contributed by atoms with Crippen LogP contribution >= 0.6 is 34.8 Å². The van der Waals surface area contributed by atoms with Gasteiger partial charge in [-0.1, -0.05) is 34.8 Å². The maximum Gasteiger partial charge on any atom is 0.407 e. The van der Waals surface area contributed by atoms with E-state index in [1.807, 2.05) is 52.8 Å². The fourth-order valence-electron chi connectivity index (χ4n) is 9.52. The second kappa shape index (κ2) is 23.7. The van der Waals surface area contributed by atoms with Crippen molar-refractivity contribution in [1.82, 2.24) is 49.6 Å². The van der Waals surface area contributed by atoms with E-state index in [2.05, 4.69) is 35.1 Å². The normalized spacial score (nSPS) is 18.2. The monoisotopic (exact) mass is 1170 g/mol. The summed E-state index contributed by atoms with van der Waals surface area (Å²) in [5.74, 6) is 0.272. The highest BCUT2D eigenvalue weighted by molar-refractivity contribution is 7.92. The number of halogens is 3. The number of likely N-dealkylation sites (tertiary alicyclic amines) is 2. The molecule has 6 N–H and O–H groups in total. The van der Waals surface area contributed by atoms with Crippen molar-refractivity contribution in [3.05, 3.63) is 110 Å². The van der Waals surface area contributed by atoms with E-state index in [-0.39, 0.29) is 64.6 Å². The molecule has 2 atom stereocenters. The molecule has 4 aliphatic rings. The number of ether oxygens (including phenoxy) is 1. The Bertz CT molecular complexity index is 3450. The van der Waals surface area contributed by atoms with Crippen LogP contribution in [0.4, 0.5) is 22.0 Å². The SMILES string of the molecule is CC(C)(C)OC(=O)NC1CNC1.Cc1cc(Cl)nc2cc([C@@H]3CCCCN3C(=O)c3cc(Cl)ccc3NS(C)(=O)=O)nn12.Cc1cc(N2CC(N)C2)nc2cc([C@@H]3CCCCN3C(=O)c3cc(Cl)ccc3NS(C)(=O)=O)nn12. The van der Waals surface area contributed by atoms with Crippen molar-refractivity contribution >= 4 is 101 Å². The maximum atomic E-state index is 13.7. The van der Waals surface area contributed by atoms with Gasteiger partial charge in [0.25, 0.3) is 11.8 Å². The molecule has 2 aromatic carbocycles. The van der Waals surface area contributed by atoms with E-state index in [1.54, 1.807) is 37.0 Å². The van der Waals surface area contributed by atoms with E-state index in [4.69, 9.17) is 55.4 Å². The highest BCUT2D eigenvalue weighted by Gasteiger charge is 2.35. The third-order valence-corrected chi connectivity index (χ3v) is 15.0. The Labute approximate surface area is 468 Å². The van der Waals surface area contributed by atoms with Gasteiger partial charge in [-0.05, 0) is 116 Å². The molecule has 0 radical (unpaired) electrons. The number of carbonyl (C=O) groups excluding carboxylic acids is 3. The van der Waals surface area contributed by atoms with Gasteiger partial charge < -0.3 is 35.8 Å². The Morgan fingerprint density at radius 1 is 0.692 bits per heavy atom. The van der Waals surface area contributed by atoms with Gasteiger partial charge >= 0.3 is 6.09 Å². The average Bonchev–Trinajstić information content (AvgIpc) is 4.07. The number of sulfonamides is 2. The molecular formula is C51H65Cl3N14O8S2. The molecule has 0 bridgehead atoms. The van der Waals surface area contributed by atoms with E-state index in [0.29, 0.717) is 39.6 Å². The predicted octanol–water partition coefficient (Wildman–Crippen LogP) is 7.14. The van der Waals surface area contributed by atoms with Crippen LogP contribution in [0.2, 0.25) is 15.2 Å². The average molecular weight is 1170 g/mol. The van der Waals surface area contributed by atoms with Crippen molar-refractivity contribution in [2.75, 3.05) is 66.1 Å². The first kappa shape index (κ1) is 58.1. The van der Waals surface area contributed by atoms with Gasteiger partial charge in [-0.25, -0.2) is 40.6 Å². The molecule has 4 saturated heterocycles. The van der Waals surface area contributed by atoms with Gasteiger partial charge in [0.1, 0.15) is 16.6 Å². The number of hydrogen-bond donors (Lipinski definition) is 5. The molecule has 0 unspecified atom stereocenters. The lowest BCUT2D eigenvalue weighted by Crippen LogP contribution is -2.57. The minimum absolute atomic E-state index is 0.171. The quantitative estimate of drug-likeness (QED) is 0.0853. The smallest absolute Gasteiger partial charge is 0.407 e. The van der Waals surface area contributed by atoms with Crippen molar-refractivity contribution in [2.24, 2.45) is 5.73 Å². The van der Waals surface area contributed by atoms with Gasteiger partial charge in [-0.15, -0.1) is 0 Å². The lowest BCUT2D eigenvalue weighted by atomic mass is 9.98. The summed E-state index contributed by atoms with van der Waals surface area (Å²) in [6.07, 6.45) is 6.83. The molecule has 0 saturated carbocycles. The number of nitrogens with two attached hydrogens (primary N) is 1. The van der Waals surface area contributed by atoms with E-state index in [1.165, 1.54) is 24.3 Å². The first-order valence-corrected chi connectivity index (χ1v) is 30.4. The molecule has 4 aliphatic heterocycles. The number of carbonyl (C=O) groups is 3. The highest BCUT2D eigenvalue weighted by Crippen LogP contribution is 2.36. The number of amides is 3. The number of nitrogens with zero attached hydrogens (tertiary/aromatic N) is 9. The summed E-state index contributed by atoms with van der Waals surface area (Å²) in [7, 11) is -7.15. The summed E-state index contributed by atoms with van der Waals surface area (Å²) in [5.41, 5.74) is 10.9. The molecule has 0 spiro atoms. The number of rotatable bonds is 10. The van der Waals surface area contributed by atoms with Crippen LogP contribution in [0.5, 0.6) is 0 Å². The van der Waals surface area contributed by atoms with Gasteiger partial charge in [0, 0.05) is 84.9 Å². The first-order chi connectivity index (χ1) is 36.7. The molecule has 0 aliphatic carbocycles. The second-order valence-electron chi connectivity index (χ2n) is 21.0. The van der Waals surface area contributed by atoms with Crippen molar-refractivity contribution in [1.29, 1.82) is 0 Å². The fraction of sp³-hybridized carbons (Fsp3) is 0.471. The number of benzene rings is 2. The molecule has 10 rings (SSSR count). The Kier molecular flexibility index (Phi) is 17.7. The minimum Gasteiger partial charge on any atom is -0.444 e. The van der Waals surface area contributed by atoms with Gasteiger partial charge in [-0.2, -0.15) is 10.2 Å². The Balaban J connectivity index is 0.000000171. The number of aromatic nitrogens is 6. The van der Waals surface area contributed by atoms with Crippen LogP contribution in [0.1, 0.15) is 115 Å². The van der Waals surface area contributed by atoms with Crippen molar-refractivity contribution in [3.63, 3.8) is 0 Å². The molecule has 22 nitrogen and oxygen atoms in total. The Hall–Kier alpha value is -6.02. The topological polar surface area (TPSA) is 273 Å². The Morgan fingerprint density at radius 2 is 1.17 bits per heavy atom. The summed E-state index contributed by atoms with van der Waals surface area (Å²) in [6, 6.07) is 16.5. The third kappa shape index (κ3) is 14.6. The number of aryl methyl sites for hydroxylation is 2. The molecule has 27 heteroatoms. The largest absolute Gasteiger partial charge is 0.444 e. The summed E-state index contributed by atoms with van der Waals surface area (Å²) in [5, 5.41) is 16.4. The lowest BCUT2D eigenvalue weighted by Gasteiger charge is -2.37. The second-order valence-corrected chi connectivity index (χ2v) is 25.7. The van der Waals surface area contributed by atoms with E-state index in [9.17, 15) is 31.2 Å². The maximum absolute atomic E-state index is 13.7. The number of anilines is 3. The van der Waals surface area contributed by atoms with Crippen molar-refractivity contribution in [2.45, 2.75) is 103 Å². The fourth-order valence-corrected chi connectivity index (χ4v) is 11.3. The highest BCUT2D eigenvalue weighted by atomic mass is 35.5. The van der Waals surface area contributed by atoms with E-state index in [0.717, 1.165) is 106 Å². The lowest BCUT2D eigenvalue weighted by molar-refractivity contribution is 0.0487. The van der Waals surface area contributed by atoms with Gasteiger partial charge in [-0.3, -0.25) is 19.0 Å². The number of piperidine rings is 2. The molecular weight excluding hydrogens is 1110 g/mol. The van der Waals surface area contributed by atoms with Gasteiger partial charge in [0.15, 0.2) is 11.3 Å². The molecule has 4 aromatic heterocycles. The number of alkyl carbamates (subject to hydrolysis) is 1. The minimum atomic E-state index is -3.58. The van der Waals surface area contributed by atoms with Gasteiger partial charge in [0.05, 0.1) is 64.5 Å². The standard InChI is InChI=1S/C23H28ClN7O3S.C20H21Cl2N5O3S.C8H16N2O2/c1-14-9-21(29-12-16(25)13-29)26-22-11-19(27-31(14)22)20-5-3-4-8-30(20)23(32)17-10-15(24)6-7-18(17)28-35(2,33)34;1-12-9-18(22)23-19-11-16(24-27(12)19)17-5-3-4-8-26(17)20(28)14-10-13(21)6-7-15(14)25-31(2,29)30;1-8(2,3)12-7(11)10-6-4-9-5-6/h6-7,9-11,16,20,28H,3-5,8,12-13,25H2,1-2H3;6-7,9-11,17,25H,3-5,8H2,1-2H3;6,9H,4-5H2,1-3H3,(H,10,11)/t20-;17-;/m00./s1. The van der Waals surface area contributed by atoms with Crippen molar-refractivity contribution in [3.8, 4) is 0 Å². The van der Waals surface area contributed by atoms with Gasteiger partial charge in [0.2, 0.25) is 20.0 Å². The number of fused-ring (bicyclic) bond motifs is 2. The summed E-state index contributed by atoms with van der Waals surface area (Å²) < 4.78 is 60.7. The van der Waals surface area contributed by atoms with Crippen LogP contribution in [0.3, 0.4) is 0 Å². The molecule has 6 aromatic rings. The molecule has 8 heterocycles. The number of nitrogens with one attached hydrogen (secondary N) is 4. The van der Waals surface area contributed by atoms with Crippen LogP contribution in [0, 0.1) is 13.8 Å². The first-order valence-electron chi connectivity index (χ1n) is 25.5. The van der Waals surface area contributed by atoms with Crippen LogP contribution < -0.4 is 30.7 Å². The zero-order valence-electron chi connectivity index (χ0n) is 44.4. The van der Waals surface area contributed by atoms with Crippen LogP contribution in [-0.2, 0) is 24.8 Å². The van der Waals surface area contributed by atoms with E-state index >= 15 is 0 Å². The molecule has 78 heavy (non-hydrogen) atoms. The molecule has 3 amide bonds. The van der Waals surface area contributed by atoms with Crippen LogP contribution in [-0.4, -0.2) is 143 Å². The third-order valence-electron chi connectivity index (χ3n) is 13.2. The van der Waals surface area contributed by atoms with Crippen LogP contribution in [0.15, 0.2) is 60.7 Å². The van der Waals surface area contributed by atoms with Crippen LogP contribution in [0.25, 0.3) is 11.3 Å². The molecule has 4 fully saturated rings. The number of hydrogen-bond acceptors (Lipinski definition) is 15. The van der Waals surface area contributed by atoms with E-state index < -0.39 is 25.6 Å². The predicted molar refractivity (Wildman–Crippen MR) is 302 cm³/mol. The zero-order valence-corrected chi connectivity index (χ0v) is 48.3. The van der Waals surface area contributed by atoms with Crippen molar-refractivity contribution < 1.29 is 36.0 Å².